The van der Waals surface area contributed by atoms with Crippen LogP contribution in [0.3, 0.4) is 0 Å². The first-order valence-corrected chi connectivity index (χ1v) is 9.28. The second-order valence-electron chi connectivity index (χ2n) is 4.07. The zero-order valence-corrected chi connectivity index (χ0v) is 13.3. The largest absolute Gasteiger partial charge is 0.493 e. The average molecular weight is 335 g/mol. The molecular weight excluding hydrogens is 318 g/mol. The van der Waals surface area contributed by atoms with Crippen LogP contribution in [0.4, 0.5) is 0 Å². The fraction of sp³-hybridized carbons (Fsp3) is 0.417. The molecule has 9 heteroatoms. The molecule has 0 aliphatic heterocycles. The normalized spacial score (nSPS) is 12.9. The monoisotopic (exact) mass is 335 g/mol. The smallest absolute Gasteiger partial charge is 0.339 e. The summed E-state index contributed by atoms with van der Waals surface area (Å²) in [5, 5.41) is 9.10. The summed E-state index contributed by atoms with van der Waals surface area (Å²) in [5.74, 6) is -0.981. The Morgan fingerprint density at radius 2 is 2.10 bits per heavy atom. The molecule has 1 aromatic rings. The van der Waals surface area contributed by atoms with Gasteiger partial charge in [-0.3, -0.25) is 4.21 Å². The van der Waals surface area contributed by atoms with Gasteiger partial charge in [-0.2, -0.15) is 0 Å². The molecule has 0 amide bonds. The highest BCUT2D eigenvalue weighted by molar-refractivity contribution is 7.89. The molecule has 0 saturated heterocycles. The Morgan fingerprint density at radius 1 is 1.43 bits per heavy atom. The first-order valence-electron chi connectivity index (χ1n) is 6.07. The van der Waals surface area contributed by atoms with Crippen LogP contribution in [-0.4, -0.2) is 48.9 Å². The van der Waals surface area contributed by atoms with Gasteiger partial charge in [0.25, 0.3) is 0 Å². The zero-order valence-electron chi connectivity index (χ0n) is 11.7. The predicted molar refractivity (Wildman–Crippen MR) is 78.7 cm³/mol. The van der Waals surface area contributed by atoms with Crippen LogP contribution >= 0.6 is 0 Å². The minimum absolute atomic E-state index is 0.0149. The maximum atomic E-state index is 12.0. The Hall–Kier alpha value is -1.45. The molecule has 2 N–H and O–H groups in total. The van der Waals surface area contributed by atoms with Crippen LogP contribution in [0.25, 0.3) is 0 Å². The summed E-state index contributed by atoms with van der Waals surface area (Å²) in [6, 6.07) is 3.61. The van der Waals surface area contributed by atoms with Gasteiger partial charge in [0.1, 0.15) is 11.3 Å². The number of rotatable bonds is 8. The van der Waals surface area contributed by atoms with Gasteiger partial charge in [-0.15, -0.1) is 0 Å². The summed E-state index contributed by atoms with van der Waals surface area (Å²) >= 11 is 0. The Bertz CT molecular complexity index is 641. The number of hydrogen-bond donors (Lipinski definition) is 2. The third-order valence-electron chi connectivity index (χ3n) is 2.47. The fourth-order valence-corrected chi connectivity index (χ4v) is 3.10. The highest BCUT2D eigenvalue weighted by Gasteiger charge is 2.19. The van der Waals surface area contributed by atoms with E-state index < -0.39 is 26.8 Å². The van der Waals surface area contributed by atoms with Crippen LogP contribution in [0.5, 0.6) is 5.75 Å². The summed E-state index contributed by atoms with van der Waals surface area (Å²) in [6.07, 6.45) is 1.47. The van der Waals surface area contributed by atoms with E-state index >= 15 is 0 Å². The second-order valence-corrected chi connectivity index (χ2v) is 7.39. The van der Waals surface area contributed by atoms with Gasteiger partial charge in [0.15, 0.2) is 0 Å². The van der Waals surface area contributed by atoms with Gasteiger partial charge in [-0.05, 0) is 25.1 Å². The first-order chi connectivity index (χ1) is 9.77. The Kier molecular flexibility index (Phi) is 6.31. The topological polar surface area (TPSA) is 110 Å². The summed E-state index contributed by atoms with van der Waals surface area (Å²) in [7, 11) is -4.96. The van der Waals surface area contributed by atoms with E-state index in [1.807, 2.05) is 0 Å². The van der Waals surface area contributed by atoms with Gasteiger partial charge < -0.3 is 9.84 Å². The number of benzene rings is 1. The van der Waals surface area contributed by atoms with E-state index in [9.17, 15) is 17.4 Å². The van der Waals surface area contributed by atoms with Crippen LogP contribution < -0.4 is 9.46 Å². The van der Waals surface area contributed by atoms with Crippen molar-refractivity contribution >= 4 is 26.8 Å². The van der Waals surface area contributed by atoms with E-state index in [4.69, 9.17) is 9.84 Å². The number of carboxylic acid groups (broad SMARTS) is 1. The number of nitrogens with one attached hydrogen (secondary N) is 1. The maximum absolute atomic E-state index is 12.0. The minimum atomic E-state index is -3.85. The van der Waals surface area contributed by atoms with Gasteiger partial charge in [-0.25, -0.2) is 17.9 Å². The molecular formula is C12H17NO6S2. The molecule has 0 aromatic heterocycles. The van der Waals surface area contributed by atoms with Crippen LogP contribution in [0.2, 0.25) is 0 Å². The van der Waals surface area contributed by atoms with Crippen LogP contribution in [0.1, 0.15) is 17.3 Å². The van der Waals surface area contributed by atoms with Crippen LogP contribution in [-0.2, 0) is 20.8 Å². The molecule has 7 nitrogen and oxygen atoms in total. The molecule has 1 rings (SSSR count). The van der Waals surface area contributed by atoms with Crippen molar-refractivity contribution in [1.29, 1.82) is 0 Å². The quantitative estimate of drug-likeness (QED) is 0.713. The van der Waals surface area contributed by atoms with E-state index in [1.54, 1.807) is 6.92 Å². The molecule has 0 aliphatic rings. The maximum Gasteiger partial charge on any atom is 0.339 e. The first kappa shape index (κ1) is 17.6. The molecule has 21 heavy (non-hydrogen) atoms. The van der Waals surface area contributed by atoms with Crippen molar-refractivity contribution in [3.63, 3.8) is 0 Å². The zero-order chi connectivity index (χ0) is 16.0. The van der Waals surface area contributed by atoms with Crippen LogP contribution in [0, 0.1) is 0 Å². The lowest BCUT2D eigenvalue weighted by molar-refractivity contribution is 0.0692. The number of aromatic carboxylic acids is 1. The highest BCUT2D eigenvalue weighted by atomic mass is 32.2. The molecule has 0 spiro atoms. The van der Waals surface area contributed by atoms with E-state index in [0.717, 1.165) is 6.07 Å². The van der Waals surface area contributed by atoms with Gasteiger partial charge in [0.2, 0.25) is 10.0 Å². The van der Waals surface area contributed by atoms with Gasteiger partial charge in [-0.1, -0.05) is 0 Å². The summed E-state index contributed by atoms with van der Waals surface area (Å²) in [5.41, 5.74) is -0.223. The lowest BCUT2D eigenvalue weighted by Crippen LogP contribution is -2.28. The molecule has 0 aliphatic carbocycles. The lowest BCUT2D eigenvalue weighted by Gasteiger charge is -2.10. The number of carboxylic acids is 1. The summed E-state index contributed by atoms with van der Waals surface area (Å²) in [6.45, 7) is 1.98. The fourth-order valence-electron chi connectivity index (χ4n) is 1.53. The van der Waals surface area contributed by atoms with E-state index in [2.05, 4.69) is 4.72 Å². The minimum Gasteiger partial charge on any atom is -0.493 e. The highest BCUT2D eigenvalue weighted by Crippen LogP contribution is 2.22. The molecule has 1 aromatic carbocycles. The third kappa shape index (κ3) is 5.10. The molecule has 0 saturated carbocycles. The predicted octanol–water partition coefficient (Wildman–Crippen LogP) is 0.440. The van der Waals surface area contributed by atoms with Gasteiger partial charge in [0.05, 0.1) is 11.5 Å². The van der Waals surface area contributed by atoms with Crippen molar-refractivity contribution in [2.75, 3.05) is 25.2 Å². The standard InChI is InChI=1S/C12H17NO6S2/c1-3-19-11-5-4-9(8-10(11)12(14)15)21(17,18)13-6-7-20(2)16/h4-5,8,13H,3,6-7H2,1-2H3,(H,14,15). The van der Waals surface area contributed by atoms with Gasteiger partial charge in [0, 0.05) is 29.4 Å². The molecule has 0 heterocycles. The van der Waals surface area contributed by atoms with E-state index in [1.165, 1.54) is 18.4 Å². The number of hydrogen-bond acceptors (Lipinski definition) is 5. The number of carbonyl (C=O) groups is 1. The van der Waals surface area contributed by atoms with E-state index in [-0.39, 0.29) is 35.1 Å². The van der Waals surface area contributed by atoms with Crippen molar-refractivity contribution in [3.8, 4) is 5.75 Å². The SMILES string of the molecule is CCOc1ccc(S(=O)(=O)NCCS(C)=O)cc1C(=O)O. The Labute approximate surface area is 125 Å². The number of sulfonamides is 1. The second kappa shape index (κ2) is 7.53. The number of ether oxygens (including phenoxy) is 1. The molecule has 0 radical (unpaired) electrons. The summed E-state index contributed by atoms with van der Waals surface area (Å²) < 4.78 is 42.3. The Balaban J connectivity index is 3.04. The molecule has 118 valence electrons. The van der Waals surface area contributed by atoms with Crippen molar-refractivity contribution in [3.05, 3.63) is 23.8 Å². The molecule has 1 atom stereocenters. The molecule has 1 unspecified atom stereocenters. The van der Waals surface area contributed by atoms with Crippen LogP contribution in [0.15, 0.2) is 23.1 Å². The van der Waals surface area contributed by atoms with Crippen molar-refractivity contribution in [1.82, 2.24) is 4.72 Å². The van der Waals surface area contributed by atoms with Crippen molar-refractivity contribution in [2.24, 2.45) is 0 Å². The summed E-state index contributed by atoms with van der Waals surface area (Å²) in [4.78, 5) is 11.0. The molecule has 0 bridgehead atoms. The van der Waals surface area contributed by atoms with Crippen molar-refractivity contribution < 1.29 is 27.3 Å². The van der Waals surface area contributed by atoms with Crippen molar-refractivity contribution in [2.45, 2.75) is 11.8 Å². The van der Waals surface area contributed by atoms with E-state index in [0.29, 0.717) is 0 Å². The average Bonchev–Trinajstić information content (AvgIpc) is 2.38. The van der Waals surface area contributed by atoms with Gasteiger partial charge >= 0.3 is 5.97 Å². The Morgan fingerprint density at radius 3 is 2.62 bits per heavy atom. The lowest BCUT2D eigenvalue weighted by atomic mass is 10.2. The third-order valence-corrected chi connectivity index (χ3v) is 4.71. The molecule has 0 fully saturated rings.